The number of anilines is 1. The summed E-state index contributed by atoms with van der Waals surface area (Å²) in [5, 5.41) is 11.7. The normalized spacial score (nSPS) is 14.2. The van der Waals surface area contributed by atoms with E-state index in [0.29, 0.717) is 6.42 Å². The number of rotatable bonds is 3. The Hall–Kier alpha value is -1.79. The van der Waals surface area contributed by atoms with Crippen LogP contribution in [0.2, 0.25) is 0 Å². The largest absolute Gasteiger partial charge is 0.395 e. The van der Waals surface area contributed by atoms with Crippen LogP contribution < -0.4 is 5.32 Å². The van der Waals surface area contributed by atoms with E-state index < -0.39 is 0 Å². The average Bonchev–Trinajstić information content (AvgIpc) is 2.30. The summed E-state index contributed by atoms with van der Waals surface area (Å²) < 4.78 is 0. The van der Waals surface area contributed by atoms with Gasteiger partial charge in [0.25, 0.3) is 0 Å². The fraction of sp³-hybridized carbons (Fsp3) is 0.438. The SMILES string of the molecule is Cc1cc(C#CCCO)ccc1NC(=O)C1CCC1. The maximum atomic E-state index is 11.9. The number of hydrogen-bond acceptors (Lipinski definition) is 2. The van der Waals surface area contributed by atoms with Gasteiger partial charge in [-0.3, -0.25) is 4.79 Å². The molecule has 1 amide bonds. The molecule has 0 spiro atoms. The molecule has 0 saturated heterocycles. The summed E-state index contributed by atoms with van der Waals surface area (Å²) in [6, 6.07) is 5.75. The quantitative estimate of drug-likeness (QED) is 0.817. The average molecular weight is 257 g/mol. The number of carbonyl (C=O) groups is 1. The smallest absolute Gasteiger partial charge is 0.227 e. The minimum atomic E-state index is 0.0848. The van der Waals surface area contributed by atoms with Gasteiger partial charge < -0.3 is 10.4 Å². The molecule has 1 saturated carbocycles. The standard InChI is InChI=1S/C16H19NO2/c1-12-11-13(5-2-3-10-18)8-9-15(12)17-16(19)14-6-4-7-14/h8-9,11,14,18H,3-4,6-7,10H2,1H3,(H,17,19). The summed E-state index contributed by atoms with van der Waals surface area (Å²) >= 11 is 0. The van der Waals surface area contributed by atoms with Crippen LogP contribution in [0.3, 0.4) is 0 Å². The second-order valence-electron chi connectivity index (χ2n) is 4.92. The third-order valence-corrected chi connectivity index (χ3v) is 3.43. The number of benzene rings is 1. The van der Waals surface area contributed by atoms with Crippen LogP contribution in [0.25, 0.3) is 0 Å². The van der Waals surface area contributed by atoms with Crippen molar-refractivity contribution in [2.45, 2.75) is 32.6 Å². The van der Waals surface area contributed by atoms with Crippen molar-refractivity contribution in [1.29, 1.82) is 0 Å². The molecule has 100 valence electrons. The zero-order valence-corrected chi connectivity index (χ0v) is 11.2. The summed E-state index contributed by atoms with van der Waals surface area (Å²) in [6.45, 7) is 2.05. The topological polar surface area (TPSA) is 49.3 Å². The Morgan fingerprint density at radius 3 is 2.84 bits per heavy atom. The van der Waals surface area contributed by atoms with Crippen LogP contribution in [0, 0.1) is 24.7 Å². The predicted octanol–water partition coefficient (Wildman–Crippen LogP) is 2.47. The summed E-state index contributed by atoms with van der Waals surface area (Å²) in [7, 11) is 0. The molecule has 0 unspecified atom stereocenters. The van der Waals surface area contributed by atoms with Gasteiger partial charge in [0.15, 0.2) is 0 Å². The number of carbonyl (C=O) groups excluding carboxylic acids is 1. The first-order valence-corrected chi connectivity index (χ1v) is 6.72. The van der Waals surface area contributed by atoms with Gasteiger partial charge in [-0.2, -0.15) is 0 Å². The lowest BCUT2D eigenvalue weighted by molar-refractivity contribution is -0.122. The molecule has 3 heteroatoms. The highest BCUT2D eigenvalue weighted by Gasteiger charge is 2.25. The van der Waals surface area contributed by atoms with Crippen LogP contribution in [-0.2, 0) is 4.79 Å². The minimum Gasteiger partial charge on any atom is -0.395 e. The maximum Gasteiger partial charge on any atom is 0.227 e. The van der Waals surface area contributed by atoms with Gasteiger partial charge in [-0.15, -0.1) is 0 Å². The molecule has 19 heavy (non-hydrogen) atoms. The molecule has 0 bridgehead atoms. The number of aliphatic hydroxyl groups is 1. The minimum absolute atomic E-state index is 0.0848. The van der Waals surface area contributed by atoms with Crippen molar-refractivity contribution in [3.63, 3.8) is 0 Å². The van der Waals surface area contributed by atoms with E-state index >= 15 is 0 Å². The third-order valence-electron chi connectivity index (χ3n) is 3.43. The van der Waals surface area contributed by atoms with Crippen LogP contribution in [0.15, 0.2) is 18.2 Å². The summed E-state index contributed by atoms with van der Waals surface area (Å²) in [6.07, 6.45) is 3.67. The molecule has 1 aromatic rings. The van der Waals surface area contributed by atoms with Crippen molar-refractivity contribution in [3.8, 4) is 11.8 Å². The van der Waals surface area contributed by atoms with Crippen LogP contribution in [-0.4, -0.2) is 17.6 Å². The molecular weight excluding hydrogens is 238 g/mol. The molecule has 1 fully saturated rings. The first-order valence-electron chi connectivity index (χ1n) is 6.72. The molecule has 0 heterocycles. The Balaban J connectivity index is 2.02. The van der Waals surface area contributed by atoms with Crippen molar-refractivity contribution in [2.75, 3.05) is 11.9 Å². The maximum absolute atomic E-state index is 11.9. The number of amides is 1. The number of hydrogen-bond donors (Lipinski definition) is 2. The Labute approximate surface area is 114 Å². The first kappa shape index (κ1) is 13.6. The molecule has 0 radical (unpaired) electrons. The van der Waals surface area contributed by atoms with Crippen LogP contribution in [0.4, 0.5) is 5.69 Å². The molecule has 2 rings (SSSR count). The number of aliphatic hydroxyl groups excluding tert-OH is 1. The zero-order valence-electron chi connectivity index (χ0n) is 11.2. The lowest BCUT2D eigenvalue weighted by Gasteiger charge is -2.24. The van der Waals surface area contributed by atoms with Crippen molar-refractivity contribution in [3.05, 3.63) is 29.3 Å². The van der Waals surface area contributed by atoms with Crippen LogP contribution >= 0.6 is 0 Å². The van der Waals surface area contributed by atoms with E-state index in [0.717, 1.165) is 36.1 Å². The van der Waals surface area contributed by atoms with Gasteiger partial charge in [-0.25, -0.2) is 0 Å². The van der Waals surface area contributed by atoms with Crippen molar-refractivity contribution >= 4 is 11.6 Å². The Morgan fingerprint density at radius 1 is 1.47 bits per heavy atom. The highest BCUT2D eigenvalue weighted by molar-refractivity contribution is 5.93. The van der Waals surface area contributed by atoms with E-state index in [9.17, 15) is 4.79 Å². The number of aryl methyl sites for hydroxylation is 1. The molecule has 0 atom stereocenters. The molecular formula is C16H19NO2. The van der Waals surface area contributed by atoms with E-state index in [-0.39, 0.29) is 18.4 Å². The second kappa shape index (κ2) is 6.40. The molecule has 1 aromatic carbocycles. The van der Waals surface area contributed by atoms with Gasteiger partial charge >= 0.3 is 0 Å². The van der Waals surface area contributed by atoms with Gasteiger partial charge in [0, 0.05) is 23.6 Å². The number of nitrogens with one attached hydrogen (secondary N) is 1. The first-order chi connectivity index (χ1) is 9.20. The summed E-state index contributed by atoms with van der Waals surface area (Å²) in [5.41, 5.74) is 2.79. The van der Waals surface area contributed by atoms with Gasteiger partial charge in [0.05, 0.1) is 6.61 Å². The van der Waals surface area contributed by atoms with Crippen LogP contribution in [0.5, 0.6) is 0 Å². The van der Waals surface area contributed by atoms with E-state index in [2.05, 4.69) is 17.2 Å². The molecule has 0 aliphatic heterocycles. The van der Waals surface area contributed by atoms with E-state index in [1.54, 1.807) is 0 Å². The third kappa shape index (κ3) is 3.59. The molecule has 1 aliphatic rings. The van der Waals surface area contributed by atoms with Gasteiger partial charge in [-0.1, -0.05) is 18.3 Å². The zero-order chi connectivity index (χ0) is 13.7. The van der Waals surface area contributed by atoms with Gasteiger partial charge in [0.1, 0.15) is 0 Å². The predicted molar refractivity (Wildman–Crippen MR) is 75.7 cm³/mol. The highest BCUT2D eigenvalue weighted by Crippen LogP contribution is 2.28. The second-order valence-corrected chi connectivity index (χ2v) is 4.92. The lowest BCUT2D eigenvalue weighted by Crippen LogP contribution is -2.28. The Kier molecular flexibility index (Phi) is 4.59. The van der Waals surface area contributed by atoms with Crippen molar-refractivity contribution < 1.29 is 9.90 Å². The van der Waals surface area contributed by atoms with Crippen molar-refractivity contribution in [2.24, 2.45) is 5.92 Å². The monoisotopic (exact) mass is 257 g/mol. The fourth-order valence-electron chi connectivity index (χ4n) is 2.01. The summed E-state index contributed by atoms with van der Waals surface area (Å²) in [4.78, 5) is 11.9. The van der Waals surface area contributed by atoms with Crippen molar-refractivity contribution in [1.82, 2.24) is 0 Å². The molecule has 1 aliphatic carbocycles. The Bertz CT molecular complexity index is 521. The highest BCUT2D eigenvalue weighted by atomic mass is 16.2. The van der Waals surface area contributed by atoms with E-state index in [1.807, 2.05) is 25.1 Å². The van der Waals surface area contributed by atoms with Gasteiger partial charge in [-0.05, 0) is 43.5 Å². The molecule has 0 aromatic heterocycles. The van der Waals surface area contributed by atoms with E-state index in [4.69, 9.17) is 5.11 Å². The van der Waals surface area contributed by atoms with E-state index in [1.165, 1.54) is 0 Å². The summed E-state index contributed by atoms with van der Waals surface area (Å²) in [5.74, 6) is 6.21. The Morgan fingerprint density at radius 2 is 2.26 bits per heavy atom. The molecule has 2 N–H and O–H groups in total. The fourth-order valence-corrected chi connectivity index (χ4v) is 2.01. The molecule has 3 nitrogen and oxygen atoms in total. The lowest BCUT2D eigenvalue weighted by atomic mass is 9.85. The van der Waals surface area contributed by atoms with Gasteiger partial charge in [0.2, 0.25) is 5.91 Å². The van der Waals surface area contributed by atoms with Crippen LogP contribution in [0.1, 0.15) is 36.8 Å².